The highest BCUT2D eigenvalue weighted by atomic mass is 16.6. The van der Waals surface area contributed by atoms with Gasteiger partial charge >= 0.3 is 108 Å². The van der Waals surface area contributed by atoms with Gasteiger partial charge in [-0.25, -0.2) is 38.8 Å². The van der Waals surface area contributed by atoms with Gasteiger partial charge in [-0.1, -0.05) is 111 Å². The van der Waals surface area contributed by atoms with E-state index in [0.29, 0.717) is 45.8 Å². The second-order valence-electron chi connectivity index (χ2n) is 34.1. The Balaban J connectivity index is -0.000000250. The third-order valence-electron chi connectivity index (χ3n) is 20.4. The van der Waals surface area contributed by atoms with Crippen LogP contribution in [0.15, 0.2) is 9.98 Å². The van der Waals surface area contributed by atoms with Gasteiger partial charge in [0.25, 0.3) is 0 Å². The number of nitrogens with one attached hydrogen (secondary N) is 8. The number of alkyl carbamates (subject to hydrolysis) is 4. The SMILES string of the molecule is CCC(C)=NC(=O)NCCOC(=O)C(C)(C)CC.CCC(C)=NC(=O)NCCOC(=O)C(C)CC.CCCOC(=O)NCCOC(=O)C(C)(C)CC.CCCOC(=O)NCCOC(=O)C(C)CC.CCOC(=O)C(C(=O)NCCOC(=O)C(C)(C)CC)C(=O)OCC.CCOC(=O)C(C(=O)NCCOC(=O)C(C)CC)C(=O)OCC.CCOC(=O)NCCOC(=O)C(C)(C)CC.CCOC(=O)NCCOC(=O)C(C)CC. The average Bonchev–Trinajstić information content (AvgIpc) is 0.875. The Bertz CT molecular complexity index is 3780. The zero-order valence-corrected chi connectivity index (χ0v) is 93.5. The second kappa shape index (κ2) is 92.8. The molecule has 0 saturated heterocycles. The fourth-order valence-electron chi connectivity index (χ4n) is 8.22. The number of rotatable bonds is 58. The lowest BCUT2D eigenvalue weighted by molar-refractivity contribution is -0.167. The summed E-state index contributed by atoms with van der Waals surface area (Å²) in [6.45, 7) is 62.1. The first kappa shape index (κ1) is 149. The van der Waals surface area contributed by atoms with Crippen molar-refractivity contribution < 1.29 is 172 Å². The van der Waals surface area contributed by atoms with Crippen molar-refractivity contribution in [3.8, 4) is 0 Å². The lowest BCUT2D eigenvalue weighted by Gasteiger charge is -2.20. The summed E-state index contributed by atoms with van der Waals surface area (Å²) in [6.07, 6.45) is 6.83. The van der Waals surface area contributed by atoms with Gasteiger partial charge in [-0.3, -0.25) is 67.1 Å². The summed E-state index contributed by atoms with van der Waals surface area (Å²) in [5, 5.41) is 19.8. The first-order valence-electron chi connectivity index (χ1n) is 50.4. The van der Waals surface area contributed by atoms with Gasteiger partial charge in [0.15, 0.2) is 0 Å². The van der Waals surface area contributed by atoms with E-state index in [-0.39, 0.29) is 209 Å². The summed E-state index contributed by atoms with van der Waals surface area (Å²) < 4.78 is 77.6. The van der Waals surface area contributed by atoms with Crippen LogP contribution in [0.1, 0.15) is 299 Å². The normalized spacial score (nSPS) is 11.5. The molecule has 10 amide bonds. The van der Waals surface area contributed by atoms with E-state index >= 15 is 0 Å². The van der Waals surface area contributed by atoms with Crippen molar-refractivity contribution in [3.05, 3.63) is 0 Å². The fraction of sp³-hybridized carbons (Fsp3) is 0.780. The molecule has 46 heteroatoms. The van der Waals surface area contributed by atoms with Crippen LogP contribution in [0, 0.1) is 57.2 Å². The Kier molecular flexibility index (Phi) is 94.8. The highest BCUT2D eigenvalue weighted by Gasteiger charge is 2.39. The van der Waals surface area contributed by atoms with Gasteiger partial charge in [0, 0.05) is 11.4 Å². The van der Waals surface area contributed by atoms with Crippen molar-refractivity contribution in [1.82, 2.24) is 42.5 Å². The predicted molar refractivity (Wildman–Crippen MR) is 544 cm³/mol. The molecule has 0 radical (unpaired) electrons. The first-order valence-corrected chi connectivity index (χ1v) is 50.4. The van der Waals surface area contributed by atoms with E-state index in [4.69, 9.17) is 66.3 Å². The monoisotopic (exact) mass is 2100 g/mol. The maximum Gasteiger partial charge on any atom is 0.407 e. The highest BCUT2D eigenvalue weighted by Crippen LogP contribution is 2.24. The molecular weight excluding hydrogens is 1920 g/mol. The van der Waals surface area contributed by atoms with Crippen LogP contribution in [0.4, 0.5) is 28.8 Å². The molecule has 0 heterocycles. The molecule has 0 aliphatic heterocycles. The van der Waals surface area contributed by atoms with Gasteiger partial charge in [-0.05, 0) is 188 Å². The van der Waals surface area contributed by atoms with E-state index in [1.54, 1.807) is 83.1 Å². The molecule has 146 heavy (non-hydrogen) atoms. The maximum absolute atomic E-state index is 12.0. The lowest BCUT2D eigenvalue weighted by Crippen LogP contribution is -2.43. The van der Waals surface area contributed by atoms with E-state index in [2.05, 4.69) is 62.0 Å². The standard InChI is InChI=1S/C16H27NO7.C15H25NO7.C13H24N2O3.C12H22N2O3.C12H23NO4.2C11H21NO4.C10H19NO4/c1-6-16(4,5)15(21)24-10-9-17-12(18)11(13(19)22-7-2)14(20)23-8-3;1-5-10(4)13(18)23-9-8-16-12(17)11(14(19)21-6-2)15(20)22-7-3;1-6-10(3)15-12(17)14-8-9-18-11(16)13(4,5)7-2;1-5-9(3)11(15)17-8-7-13-12(16)14-10(4)6-2;1-5-8-17-11(15)13-7-9-16-10(14)12(3,4)6-2;1-5-11(3,4)9(13)16-8-7-12-10(14)15-6-2;1-4-7-16-11(14)12-6-8-15-10(13)9(3)5-2;1-4-8(3)9(12)15-7-6-11-10(13)14-5-2/h11H,6-10H2,1-5H3,(H,17,18);10-11H,5-9H2,1-4H3,(H,16,17);6-9H2,1-5H3,(H,14,17);9H,5-8H2,1-4H3,(H,13,16);5-9H2,1-4H3,(H,13,15);5-8H2,1-4H3,(H,12,14);9H,4-8H2,1-3H3,(H,12,14);8H,4-7H2,1-3H3,(H,11,13). The molecule has 0 aliphatic rings. The highest BCUT2D eigenvalue weighted by molar-refractivity contribution is 6.15. The van der Waals surface area contributed by atoms with Crippen molar-refractivity contribution in [2.24, 2.45) is 67.2 Å². The third kappa shape index (κ3) is 82.2. The number of hydrogen-bond donors (Lipinski definition) is 8. The molecule has 848 valence electrons. The number of carbonyl (C=O) groups is 20. The fourth-order valence-corrected chi connectivity index (χ4v) is 8.22. The van der Waals surface area contributed by atoms with E-state index in [9.17, 15) is 95.9 Å². The molecule has 46 nitrogen and oxygen atoms in total. The summed E-state index contributed by atoms with van der Waals surface area (Å²) in [4.78, 5) is 236. The zero-order valence-electron chi connectivity index (χ0n) is 93.5. The minimum Gasteiger partial charge on any atom is -0.465 e. The number of amides is 10. The molecule has 0 bridgehead atoms. The van der Waals surface area contributed by atoms with E-state index in [0.717, 1.165) is 75.6 Å². The lowest BCUT2D eigenvalue weighted by atomic mass is 9.91. The Morgan fingerprint density at radius 3 is 0.589 bits per heavy atom. The minimum atomic E-state index is -1.69. The van der Waals surface area contributed by atoms with Crippen LogP contribution < -0.4 is 42.5 Å². The number of ether oxygens (including phenoxy) is 16. The molecule has 0 saturated carbocycles. The minimum absolute atomic E-state index is 0.0175. The van der Waals surface area contributed by atoms with E-state index < -0.39 is 93.6 Å². The Morgan fingerprint density at radius 1 is 0.226 bits per heavy atom. The molecule has 0 spiro atoms. The van der Waals surface area contributed by atoms with Gasteiger partial charge < -0.3 is 118 Å². The molecule has 0 aromatic rings. The summed E-state index contributed by atoms with van der Waals surface area (Å²) in [7, 11) is 0. The number of esters is 12. The number of hydrogen-bond acceptors (Lipinski definition) is 36. The second-order valence-corrected chi connectivity index (χ2v) is 34.1. The molecule has 4 unspecified atom stereocenters. The average molecular weight is 2100 g/mol. The third-order valence-corrected chi connectivity index (χ3v) is 20.4. The summed E-state index contributed by atoms with van der Waals surface area (Å²) in [5.74, 6) is -11.6. The Morgan fingerprint density at radius 2 is 0.411 bits per heavy atom. The van der Waals surface area contributed by atoms with Crippen molar-refractivity contribution in [3.63, 3.8) is 0 Å². The van der Waals surface area contributed by atoms with Gasteiger partial charge in [0.1, 0.15) is 52.9 Å². The van der Waals surface area contributed by atoms with Crippen LogP contribution in [0.3, 0.4) is 0 Å². The van der Waals surface area contributed by atoms with Gasteiger partial charge in [-0.2, -0.15) is 0 Å². The van der Waals surface area contributed by atoms with Gasteiger partial charge in [0.2, 0.25) is 23.7 Å². The molecule has 0 fully saturated rings. The molecule has 0 aromatic carbocycles. The number of nitrogens with zero attached hydrogens (tertiary/aromatic N) is 2. The largest absolute Gasteiger partial charge is 0.465 e. The molecule has 4 atom stereocenters. The molecular formula is C100H182N10O36. The van der Waals surface area contributed by atoms with Crippen molar-refractivity contribution in [1.29, 1.82) is 0 Å². The smallest absolute Gasteiger partial charge is 0.407 e. The topological polar surface area (TPSA) is 610 Å². The number of urea groups is 2. The Hall–Kier alpha value is -12.1. The molecule has 0 rings (SSSR count). The van der Waals surface area contributed by atoms with Crippen LogP contribution in [0.5, 0.6) is 0 Å². The number of aliphatic imine (C=N–C) groups is 2. The molecule has 0 aliphatic carbocycles. The predicted octanol–water partition coefficient (Wildman–Crippen LogP) is 12.8. The zero-order chi connectivity index (χ0) is 114. The van der Waals surface area contributed by atoms with Crippen LogP contribution in [-0.2, 0) is 143 Å². The first-order chi connectivity index (χ1) is 68.5. The summed E-state index contributed by atoms with van der Waals surface area (Å²) in [5.41, 5.74) is -0.466. The van der Waals surface area contributed by atoms with Crippen LogP contribution >= 0.6 is 0 Å². The maximum atomic E-state index is 12.0. The van der Waals surface area contributed by atoms with E-state index in [1.165, 1.54) is 0 Å². The van der Waals surface area contributed by atoms with E-state index in [1.807, 2.05) is 138 Å². The molecule has 0 aromatic heterocycles. The Labute approximate surface area is 865 Å². The number of carbonyl (C=O) groups excluding carboxylic acids is 20. The van der Waals surface area contributed by atoms with Crippen molar-refractivity contribution in [2.45, 2.75) is 299 Å². The molecule has 8 N–H and O–H groups in total. The quantitative estimate of drug-likeness (QED) is 0.00921. The van der Waals surface area contributed by atoms with Crippen molar-refractivity contribution in [2.75, 3.05) is 158 Å². The summed E-state index contributed by atoms with van der Waals surface area (Å²) in [6, 6.07) is -0.774. The summed E-state index contributed by atoms with van der Waals surface area (Å²) >= 11 is 0. The van der Waals surface area contributed by atoms with Crippen molar-refractivity contribution >= 4 is 131 Å². The van der Waals surface area contributed by atoms with Crippen LogP contribution in [0.2, 0.25) is 0 Å². The van der Waals surface area contributed by atoms with Gasteiger partial charge in [0.05, 0.1) is 151 Å². The van der Waals surface area contributed by atoms with Crippen LogP contribution in [-0.4, -0.2) is 289 Å². The van der Waals surface area contributed by atoms with Crippen LogP contribution in [0.25, 0.3) is 0 Å². The van der Waals surface area contributed by atoms with Gasteiger partial charge in [-0.15, -0.1) is 0 Å².